The summed E-state index contributed by atoms with van der Waals surface area (Å²) in [5, 5.41) is 23.4. The highest BCUT2D eigenvalue weighted by molar-refractivity contribution is 7.09. The maximum atomic E-state index is 14.3. The molecule has 1 fully saturated rings. The molecule has 2 heterocycles. The van der Waals surface area contributed by atoms with Gasteiger partial charge in [-0.3, -0.25) is 4.79 Å². The molecule has 3 aromatic rings. The second-order valence-electron chi connectivity index (χ2n) is 10.3. The molecule has 0 spiro atoms. The SMILES string of the molecule is COc1cc(C(=O)N2[C@@H](c3nccs3)[C@H](CO)C[C@@]2(Cc2ccccc2)C(=O)O)ccc1C(C)(C)C. The quantitative estimate of drug-likeness (QED) is 0.479. The lowest BCUT2D eigenvalue weighted by atomic mass is 9.84. The Morgan fingerprint density at radius 2 is 1.92 bits per heavy atom. The van der Waals surface area contributed by atoms with Crippen LogP contribution in [0.1, 0.15) is 59.7 Å². The normalized spacial score (nSPS) is 22.0. The molecule has 1 saturated heterocycles. The summed E-state index contributed by atoms with van der Waals surface area (Å²) in [6, 6.07) is 13.9. The number of carbonyl (C=O) groups excluding carboxylic acids is 1. The largest absolute Gasteiger partial charge is 0.496 e. The Kier molecular flexibility index (Phi) is 7.20. The first-order chi connectivity index (χ1) is 17.1. The molecule has 4 rings (SSSR count). The molecule has 3 atom stereocenters. The molecule has 0 saturated carbocycles. The average Bonchev–Trinajstić information content (AvgIpc) is 3.49. The van der Waals surface area contributed by atoms with Crippen molar-refractivity contribution in [2.45, 2.75) is 50.6 Å². The van der Waals surface area contributed by atoms with Gasteiger partial charge in [-0.1, -0.05) is 57.2 Å². The van der Waals surface area contributed by atoms with Crippen LogP contribution in [0.15, 0.2) is 60.1 Å². The number of aliphatic carboxylic acids is 1. The van der Waals surface area contributed by atoms with Crippen molar-refractivity contribution in [3.63, 3.8) is 0 Å². The van der Waals surface area contributed by atoms with Crippen LogP contribution in [-0.2, 0) is 16.6 Å². The van der Waals surface area contributed by atoms with Gasteiger partial charge in [-0.25, -0.2) is 9.78 Å². The third kappa shape index (κ3) is 4.63. The highest BCUT2D eigenvalue weighted by Crippen LogP contribution is 2.50. The number of nitrogens with zero attached hydrogens (tertiary/aromatic N) is 2. The number of carboxylic acid groups (broad SMARTS) is 1. The smallest absolute Gasteiger partial charge is 0.330 e. The molecule has 2 N–H and O–H groups in total. The third-order valence-electron chi connectivity index (χ3n) is 6.94. The fourth-order valence-electron chi connectivity index (χ4n) is 5.24. The van der Waals surface area contributed by atoms with Crippen molar-refractivity contribution >= 4 is 23.2 Å². The van der Waals surface area contributed by atoms with Crippen LogP contribution in [0.5, 0.6) is 5.75 Å². The van der Waals surface area contributed by atoms with Crippen molar-refractivity contribution in [1.82, 2.24) is 9.88 Å². The van der Waals surface area contributed by atoms with Crippen molar-refractivity contribution in [2.24, 2.45) is 5.92 Å². The second kappa shape index (κ2) is 10.0. The number of thiazole rings is 1. The number of ether oxygens (including phenoxy) is 1. The van der Waals surface area contributed by atoms with Crippen LogP contribution >= 0.6 is 11.3 Å². The molecule has 190 valence electrons. The molecule has 8 heteroatoms. The predicted octanol–water partition coefficient (Wildman–Crippen LogP) is 4.71. The molecule has 0 bridgehead atoms. The zero-order chi connectivity index (χ0) is 26.1. The molecule has 0 aliphatic carbocycles. The van der Waals surface area contributed by atoms with Crippen LogP contribution in [0.4, 0.5) is 0 Å². The molecule has 1 aromatic heterocycles. The van der Waals surface area contributed by atoms with Gasteiger partial charge in [-0.15, -0.1) is 11.3 Å². The summed E-state index contributed by atoms with van der Waals surface area (Å²) in [6.45, 7) is 5.93. The molecule has 0 radical (unpaired) electrons. The monoisotopic (exact) mass is 508 g/mol. The van der Waals surface area contributed by atoms with Crippen LogP contribution in [-0.4, -0.2) is 51.2 Å². The van der Waals surface area contributed by atoms with Crippen LogP contribution < -0.4 is 4.74 Å². The number of aromatic nitrogens is 1. The van der Waals surface area contributed by atoms with Crippen LogP contribution in [0.3, 0.4) is 0 Å². The van der Waals surface area contributed by atoms with Crippen molar-refractivity contribution in [3.8, 4) is 5.75 Å². The summed E-state index contributed by atoms with van der Waals surface area (Å²) in [4.78, 5) is 33.2. The molecule has 0 unspecified atom stereocenters. The van der Waals surface area contributed by atoms with Gasteiger partial charge >= 0.3 is 5.97 Å². The third-order valence-corrected chi connectivity index (χ3v) is 7.78. The summed E-state index contributed by atoms with van der Waals surface area (Å²) in [5.74, 6) is -1.43. The summed E-state index contributed by atoms with van der Waals surface area (Å²) in [7, 11) is 1.56. The zero-order valence-electron chi connectivity index (χ0n) is 21.0. The number of hydrogen-bond acceptors (Lipinski definition) is 6. The number of carbonyl (C=O) groups is 2. The standard InChI is InChI=1S/C28H32N2O5S/c1-27(2,3)21-11-10-19(14-22(21)35-4)25(32)30-23(24-29-12-13-36-24)20(17-31)16-28(30,26(33)34)15-18-8-6-5-7-9-18/h5-14,20,23,31H,15-17H2,1-4H3,(H,33,34)/t20-,23+,28-/m0/s1. The number of hydrogen-bond donors (Lipinski definition) is 2. The highest BCUT2D eigenvalue weighted by atomic mass is 32.1. The van der Waals surface area contributed by atoms with E-state index >= 15 is 0 Å². The summed E-state index contributed by atoms with van der Waals surface area (Å²) in [5.41, 5.74) is 0.317. The minimum Gasteiger partial charge on any atom is -0.496 e. The van der Waals surface area contributed by atoms with Crippen molar-refractivity contribution in [1.29, 1.82) is 0 Å². The molecule has 1 aliphatic heterocycles. The number of methoxy groups -OCH3 is 1. The predicted molar refractivity (Wildman–Crippen MR) is 138 cm³/mol. The van der Waals surface area contributed by atoms with E-state index in [0.29, 0.717) is 16.3 Å². The number of rotatable bonds is 7. The van der Waals surface area contributed by atoms with Gasteiger partial charge < -0.3 is 19.8 Å². The van der Waals surface area contributed by atoms with Gasteiger partial charge in [0.05, 0.1) is 13.2 Å². The van der Waals surface area contributed by atoms with Gasteiger partial charge in [0.25, 0.3) is 5.91 Å². The van der Waals surface area contributed by atoms with Gasteiger partial charge in [-0.2, -0.15) is 0 Å². The first kappa shape index (κ1) is 25.9. The lowest BCUT2D eigenvalue weighted by Gasteiger charge is -2.38. The number of amides is 1. The van der Waals surface area contributed by atoms with Gasteiger partial charge in [0.15, 0.2) is 0 Å². The first-order valence-electron chi connectivity index (χ1n) is 11.9. The van der Waals surface area contributed by atoms with Crippen LogP contribution in [0.2, 0.25) is 0 Å². The van der Waals surface area contributed by atoms with Gasteiger partial charge in [0, 0.05) is 36.1 Å². The van der Waals surface area contributed by atoms with E-state index in [4.69, 9.17) is 4.74 Å². The average molecular weight is 509 g/mol. The maximum absolute atomic E-state index is 14.3. The molecule has 1 aliphatic rings. The Balaban J connectivity index is 1.88. The molecular formula is C28H32N2O5S. The minimum absolute atomic E-state index is 0.112. The van der Waals surface area contributed by atoms with E-state index in [1.54, 1.807) is 30.8 Å². The van der Waals surface area contributed by atoms with E-state index in [2.05, 4.69) is 25.8 Å². The maximum Gasteiger partial charge on any atom is 0.330 e. The van der Waals surface area contributed by atoms with E-state index < -0.39 is 29.4 Å². The Morgan fingerprint density at radius 3 is 2.47 bits per heavy atom. The number of benzene rings is 2. The molecule has 2 aromatic carbocycles. The number of likely N-dealkylation sites (tertiary alicyclic amines) is 1. The van der Waals surface area contributed by atoms with Gasteiger partial charge in [0.2, 0.25) is 0 Å². The summed E-state index contributed by atoms with van der Waals surface area (Å²) in [6.07, 6.45) is 1.86. The molecule has 7 nitrogen and oxygen atoms in total. The van der Waals surface area contributed by atoms with E-state index in [1.165, 1.54) is 16.2 Å². The number of aliphatic hydroxyl groups excluding tert-OH is 1. The highest BCUT2D eigenvalue weighted by Gasteiger charge is 2.59. The first-order valence-corrected chi connectivity index (χ1v) is 12.8. The lowest BCUT2D eigenvalue weighted by Crippen LogP contribution is -2.55. The van der Waals surface area contributed by atoms with Crippen LogP contribution in [0.25, 0.3) is 0 Å². The Hall–Kier alpha value is -3.23. The Labute approximate surface area is 215 Å². The number of aliphatic hydroxyl groups is 1. The topological polar surface area (TPSA) is 100.0 Å². The van der Waals surface area contributed by atoms with E-state index in [1.807, 2.05) is 36.4 Å². The number of carboxylic acids is 1. The molecule has 36 heavy (non-hydrogen) atoms. The Morgan fingerprint density at radius 1 is 1.19 bits per heavy atom. The summed E-state index contributed by atoms with van der Waals surface area (Å²) >= 11 is 1.35. The zero-order valence-corrected chi connectivity index (χ0v) is 21.8. The summed E-state index contributed by atoms with van der Waals surface area (Å²) < 4.78 is 5.62. The molecular weight excluding hydrogens is 476 g/mol. The van der Waals surface area contributed by atoms with Gasteiger partial charge in [-0.05, 0) is 35.1 Å². The fourth-order valence-corrected chi connectivity index (χ4v) is 6.06. The Bertz CT molecular complexity index is 1220. The second-order valence-corrected chi connectivity index (χ2v) is 11.2. The van der Waals surface area contributed by atoms with Gasteiger partial charge in [0.1, 0.15) is 16.3 Å². The van der Waals surface area contributed by atoms with E-state index in [0.717, 1.165) is 11.1 Å². The van der Waals surface area contributed by atoms with Crippen molar-refractivity contribution in [2.75, 3.05) is 13.7 Å². The lowest BCUT2D eigenvalue weighted by molar-refractivity contribution is -0.149. The van der Waals surface area contributed by atoms with E-state index in [9.17, 15) is 19.8 Å². The van der Waals surface area contributed by atoms with Crippen molar-refractivity contribution in [3.05, 3.63) is 81.8 Å². The van der Waals surface area contributed by atoms with E-state index in [-0.39, 0.29) is 24.9 Å². The molecule has 1 amide bonds. The van der Waals surface area contributed by atoms with Crippen molar-refractivity contribution < 1.29 is 24.5 Å². The fraction of sp³-hybridized carbons (Fsp3) is 0.393. The van der Waals surface area contributed by atoms with Crippen LogP contribution in [0, 0.1) is 5.92 Å². The minimum atomic E-state index is -1.56.